The first-order valence-corrected chi connectivity index (χ1v) is 12.1. The summed E-state index contributed by atoms with van der Waals surface area (Å²) in [5.41, 5.74) is 8.02. The van der Waals surface area contributed by atoms with Crippen molar-refractivity contribution in [3.63, 3.8) is 0 Å². The maximum atomic E-state index is 13.0. The second-order valence-corrected chi connectivity index (χ2v) is 9.64. The Bertz CT molecular complexity index is 1430. The summed E-state index contributed by atoms with van der Waals surface area (Å²) in [5.74, 6) is -0.106. The van der Waals surface area contributed by atoms with E-state index in [4.69, 9.17) is 4.98 Å². The fraction of sp³-hybridized carbons (Fsp3) is 0.160. The SMILES string of the molecule is Cc1ccc(-c2nc3c(C)cccn3c2CC(=O)Nc2nc(-c3cccs3)cs2)cc1C. The van der Waals surface area contributed by atoms with Crippen LogP contribution in [0.25, 0.3) is 27.5 Å². The molecule has 5 rings (SSSR count). The first kappa shape index (κ1) is 20.6. The number of thiophene rings is 1. The van der Waals surface area contributed by atoms with Gasteiger partial charge in [0.2, 0.25) is 5.91 Å². The lowest BCUT2D eigenvalue weighted by Gasteiger charge is -2.08. The molecule has 0 radical (unpaired) electrons. The Labute approximate surface area is 194 Å². The second kappa shape index (κ2) is 8.33. The normalized spacial score (nSPS) is 11.2. The van der Waals surface area contributed by atoms with E-state index < -0.39 is 0 Å². The molecular formula is C25H22N4OS2. The summed E-state index contributed by atoms with van der Waals surface area (Å²) in [4.78, 5) is 23.6. The number of aryl methyl sites for hydroxylation is 3. The van der Waals surface area contributed by atoms with Crippen molar-refractivity contribution in [1.29, 1.82) is 0 Å². The molecule has 0 atom stereocenters. The average molecular weight is 459 g/mol. The maximum absolute atomic E-state index is 13.0. The van der Waals surface area contributed by atoms with Crippen LogP contribution in [0.1, 0.15) is 22.4 Å². The van der Waals surface area contributed by atoms with E-state index in [9.17, 15) is 4.79 Å². The minimum absolute atomic E-state index is 0.106. The van der Waals surface area contributed by atoms with E-state index in [0.29, 0.717) is 5.13 Å². The number of benzene rings is 1. The molecule has 0 unspecified atom stereocenters. The maximum Gasteiger partial charge on any atom is 0.232 e. The van der Waals surface area contributed by atoms with Gasteiger partial charge in [0.05, 0.1) is 28.4 Å². The number of pyridine rings is 1. The molecule has 0 spiro atoms. The molecule has 32 heavy (non-hydrogen) atoms. The van der Waals surface area contributed by atoms with Gasteiger partial charge in [-0.05, 0) is 61.0 Å². The molecule has 5 aromatic rings. The molecule has 4 heterocycles. The van der Waals surface area contributed by atoms with E-state index in [1.807, 2.05) is 52.5 Å². The van der Waals surface area contributed by atoms with Crippen molar-refractivity contribution in [3.8, 4) is 21.8 Å². The lowest BCUT2D eigenvalue weighted by Crippen LogP contribution is -2.16. The van der Waals surface area contributed by atoms with Crippen LogP contribution in [0.5, 0.6) is 0 Å². The minimum Gasteiger partial charge on any atom is -0.303 e. The fourth-order valence-corrected chi connectivity index (χ4v) is 5.21. The monoisotopic (exact) mass is 458 g/mol. The molecule has 0 saturated carbocycles. The van der Waals surface area contributed by atoms with Gasteiger partial charge in [-0.25, -0.2) is 9.97 Å². The number of nitrogens with one attached hydrogen (secondary N) is 1. The fourth-order valence-electron chi connectivity index (χ4n) is 3.73. The number of carbonyl (C=O) groups excluding carboxylic acids is 1. The van der Waals surface area contributed by atoms with E-state index in [2.05, 4.69) is 42.3 Å². The zero-order valence-corrected chi connectivity index (χ0v) is 19.7. The Morgan fingerprint density at radius 3 is 2.66 bits per heavy atom. The third-order valence-electron chi connectivity index (χ3n) is 5.58. The largest absolute Gasteiger partial charge is 0.303 e. The molecule has 1 aromatic carbocycles. The third kappa shape index (κ3) is 3.85. The van der Waals surface area contributed by atoms with Gasteiger partial charge in [0.15, 0.2) is 5.13 Å². The number of fused-ring (bicyclic) bond motifs is 1. The van der Waals surface area contributed by atoms with Crippen LogP contribution in [0.4, 0.5) is 5.13 Å². The van der Waals surface area contributed by atoms with E-state index in [0.717, 1.165) is 38.7 Å². The van der Waals surface area contributed by atoms with Gasteiger partial charge in [-0.2, -0.15) is 0 Å². The van der Waals surface area contributed by atoms with Crippen LogP contribution in [0.2, 0.25) is 0 Å². The number of carbonyl (C=O) groups is 1. The van der Waals surface area contributed by atoms with Gasteiger partial charge in [0, 0.05) is 17.1 Å². The van der Waals surface area contributed by atoms with Crippen LogP contribution < -0.4 is 5.32 Å². The number of thiazole rings is 1. The van der Waals surface area contributed by atoms with Gasteiger partial charge in [0.25, 0.3) is 0 Å². The number of nitrogens with zero attached hydrogens (tertiary/aromatic N) is 3. The Balaban J connectivity index is 1.48. The molecule has 160 valence electrons. The van der Waals surface area contributed by atoms with E-state index in [-0.39, 0.29) is 12.3 Å². The highest BCUT2D eigenvalue weighted by atomic mass is 32.1. The van der Waals surface area contributed by atoms with Crippen molar-refractivity contribution in [2.75, 3.05) is 5.32 Å². The molecule has 0 fully saturated rings. The number of amides is 1. The highest BCUT2D eigenvalue weighted by molar-refractivity contribution is 7.16. The molecule has 0 bridgehead atoms. The summed E-state index contributed by atoms with van der Waals surface area (Å²) < 4.78 is 2.03. The van der Waals surface area contributed by atoms with E-state index in [1.165, 1.54) is 22.5 Å². The summed E-state index contributed by atoms with van der Waals surface area (Å²) in [6.07, 6.45) is 2.18. The predicted molar refractivity (Wildman–Crippen MR) is 133 cm³/mol. The third-order valence-corrected chi connectivity index (χ3v) is 7.23. The molecule has 1 amide bonds. The smallest absolute Gasteiger partial charge is 0.232 e. The van der Waals surface area contributed by atoms with Crippen LogP contribution >= 0.6 is 22.7 Å². The number of anilines is 1. The number of hydrogen-bond acceptors (Lipinski definition) is 5. The van der Waals surface area contributed by atoms with Crippen molar-refractivity contribution in [1.82, 2.24) is 14.4 Å². The summed E-state index contributed by atoms with van der Waals surface area (Å²) in [5, 5.41) is 7.57. The lowest BCUT2D eigenvalue weighted by atomic mass is 10.0. The van der Waals surface area contributed by atoms with Crippen LogP contribution in [0, 0.1) is 20.8 Å². The van der Waals surface area contributed by atoms with Gasteiger partial charge < -0.3 is 9.72 Å². The predicted octanol–water partition coefficient (Wildman–Crippen LogP) is 6.29. The quantitative estimate of drug-likeness (QED) is 0.337. The molecular weight excluding hydrogens is 436 g/mol. The number of hydrogen-bond donors (Lipinski definition) is 1. The van der Waals surface area contributed by atoms with Gasteiger partial charge in [-0.1, -0.05) is 24.3 Å². The first-order valence-electron chi connectivity index (χ1n) is 10.3. The molecule has 1 N–H and O–H groups in total. The summed E-state index contributed by atoms with van der Waals surface area (Å²) in [7, 11) is 0. The Kier molecular flexibility index (Phi) is 5.36. The second-order valence-electron chi connectivity index (χ2n) is 7.83. The Morgan fingerprint density at radius 2 is 1.88 bits per heavy atom. The van der Waals surface area contributed by atoms with Crippen molar-refractivity contribution in [2.45, 2.75) is 27.2 Å². The topological polar surface area (TPSA) is 59.3 Å². The molecule has 0 aliphatic carbocycles. The van der Waals surface area contributed by atoms with Gasteiger partial charge in [0.1, 0.15) is 5.65 Å². The average Bonchev–Trinajstić information content (AvgIpc) is 3.51. The zero-order chi connectivity index (χ0) is 22.2. The van der Waals surface area contributed by atoms with Crippen LogP contribution in [0.15, 0.2) is 59.4 Å². The van der Waals surface area contributed by atoms with E-state index in [1.54, 1.807) is 11.3 Å². The van der Waals surface area contributed by atoms with Crippen LogP contribution in [-0.4, -0.2) is 20.3 Å². The van der Waals surface area contributed by atoms with Crippen LogP contribution in [0.3, 0.4) is 0 Å². The number of aromatic nitrogens is 3. The number of rotatable bonds is 5. The first-order chi connectivity index (χ1) is 15.5. The van der Waals surface area contributed by atoms with Crippen molar-refractivity contribution in [3.05, 3.63) is 81.8 Å². The van der Waals surface area contributed by atoms with Crippen LogP contribution in [-0.2, 0) is 11.2 Å². The number of imidazole rings is 1. The Hall–Kier alpha value is -3.29. The molecule has 0 aliphatic heterocycles. The molecule has 7 heteroatoms. The molecule has 4 aromatic heterocycles. The van der Waals surface area contributed by atoms with Crippen molar-refractivity contribution < 1.29 is 4.79 Å². The Morgan fingerprint density at radius 1 is 1.00 bits per heavy atom. The molecule has 0 aliphatic rings. The van der Waals surface area contributed by atoms with Crippen molar-refractivity contribution >= 4 is 39.4 Å². The summed E-state index contributed by atoms with van der Waals surface area (Å²) in [6, 6.07) is 14.4. The lowest BCUT2D eigenvalue weighted by molar-refractivity contribution is -0.115. The highest BCUT2D eigenvalue weighted by Crippen LogP contribution is 2.30. The standard InChI is InChI=1S/C25H22N4OS2/c1-15-8-9-18(12-17(15)3)23-20(29-10-4-6-16(2)24(29)28-23)13-22(30)27-25-26-19(14-32-25)21-7-5-11-31-21/h4-12,14H,13H2,1-3H3,(H,26,27,30). The zero-order valence-electron chi connectivity index (χ0n) is 18.0. The highest BCUT2D eigenvalue weighted by Gasteiger charge is 2.19. The molecule has 0 saturated heterocycles. The van der Waals surface area contributed by atoms with Crippen molar-refractivity contribution in [2.24, 2.45) is 0 Å². The summed E-state index contributed by atoms with van der Waals surface area (Å²) >= 11 is 3.08. The summed E-state index contributed by atoms with van der Waals surface area (Å²) in [6.45, 7) is 6.23. The van der Waals surface area contributed by atoms with Gasteiger partial charge in [-0.15, -0.1) is 22.7 Å². The van der Waals surface area contributed by atoms with E-state index >= 15 is 0 Å². The van der Waals surface area contributed by atoms with Gasteiger partial charge in [-0.3, -0.25) is 4.79 Å². The molecule has 5 nitrogen and oxygen atoms in total. The minimum atomic E-state index is -0.106. The van der Waals surface area contributed by atoms with Gasteiger partial charge >= 0.3 is 0 Å².